The fourth-order valence-electron chi connectivity index (χ4n) is 2.76. The zero-order chi connectivity index (χ0) is 15.0. The van der Waals surface area contributed by atoms with Crippen LogP contribution in [0.5, 0.6) is 17.2 Å². The largest absolute Gasteiger partial charge is 0.495 e. The minimum absolute atomic E-state index is 0.542. The second kappa shape index (κ2) is 5.34. The maximum absolute atomic E-state index is 6.26. The van der Waals surface area contributed by atoms with E-state index in [0.29, 0.717) is 10.8 Å². The summed E-state index contributed by atoms with van der Waals surface area (Å²) in [4.78, 5) is 0. The number of ether oxygens (including phenoxy) is 3. The molecule has 3 aromatic rings. The first-order chi connectivity index (χ1) is 10.2. The Morgan fingerprint density at radius 3 is 1.81 bits per heavy atom. The van der Waals surface area contributed by atoms with Crippen LogP contribution in [0.2, 0.25) is 5.02 Å². The summed E-state index contributed by atoms with van der Waals surface area (Å²) in [5.74, 6) is 2.12. The van der Waals surface area contributed by atoms with Gasteiger partial charge in [-0.1, -0.05) is 35.9 Å². The average Bonchev–Trinajstić information content (AvgIpc) is 2.52. The third-order valence-corrected chi connectivity index (χ3v) is 3.91. The van der Waals surface area contributed by atoms with Crippen molar-refractivity contribution in [1.29, 1.82) is 0 Å². The number of rotatable bonds is 3. The molecule has 0 fully saturated rings. The van der Waals surface area contributed by atoms with Gasteiger partial charge in [-0.25, -0.2) is 0 Å². The first-order valence-electron chi connectivity index (χ1n) is 6.51. The molecule has 0 aliphatic heterocycles. The van der Waals surface area contributed by atoms with Crippen LogP contribution in [0.3, 0.4) is 0 Å². The van der Waals surface area contributed by atoms with E-state index in [2.05, 4.69) is 0 Å². The Labute approximate surface area is 128 Å². The summed E-state index contributed by atoms with van der Waals surface area (Å²) >= 11 is 6.26. The van der Waals surface area contributed by atoms with Crippen molar-refractivity contribution in [2.45, 2.75) is 0 Å². The Kier molecular flexibility index (Phi) is 3.52. The van der Waals surface area contributed by atoms with Crippen LogP contribution in [0.25, 0.3) is 21.5 Å². The number of benzene rings is 3. The molecule has 0 amide bonds. The molecule has 0 saturated carbocycles. The second-order valence-corrected chi connectivity index (χ2v) is 5.02. The molecule has 0 radical (unpaired) electrons. The summed E-state index contributed by atoms with van der Waals surface area (Å²) < 4.78 is 16.8. The fraction of sp³-hybridized carbons (Fsp3) is 0.176. The smallest absolute Gasteiger partial charge is 0.149 e. The molecule has 4 heteroatoms. The topological polar surface area (TPSA) is 27.7 Å². The van der Waals surface area contributed by atoms with Crippen LogP contribution < -0.4 is 14.2 Å². The molecule has 0 bridgehead atoms. The third kappa shape index (κ3) is 1.96. The molecule has 3 rings (SSSR count). The van der Waals surface area contributed by atoms with Crippen molar-refractivity contribution >= 4 is 33.1 Å². The molecule has 3 aromatic carbocycles. The minimum Gasteiger partial charge on any atom is -0.495 e. The number of hydrogen-bond acceptors (Lipinski definition) is 3. The maximum atomic E-state index is 6.26. The van der Waals surface area contributed by atoms with Crippen LogP contribution in [-0.4, -0.2) is 21.3 Å². The lowest BCUT2D eigenvalue weighted by Crippen LogP contribution is -1.95. The summed E-state index contributed by atoms with van der Waals surface area (Å²) in [6, 6.07) is 11.7. The van der Waals surface area contributed by atoms with Crippen LogP contribution in [0.1, 0.15) is 0 Å². The first-order valence-corrected chi connectivity index (χ1v) is 6.89. The highest BCUT2D eigenvalue weighted by Crippen LogP contribution is 2.48. The zero-order valence-corrected chi connectivity index (χ0v) is 12.8. The summed E-state index contributed by atoms with van der Waals surface area (Å²) in [7, 11) is 4.91. The van der Waals surface area contributed by atoms with Crippen LogP contribution in [-0.2, 0) is 0 Å². The lowest BCUT2D eigenvalue weighted by Gasteiger charge is -2.17. The molecule has 0 saturated heterocycles. The van der Waals surface area contributed by atoms with E-state index in [1.165, 1.54) is 0 Å². The van der Waals surface area contributed by atoms with Crippen LogP contribution >= 0.6 is 11.6 Å². The van der Waals surface area contributed by atoms with Crippen molar-refractivity contribution in [3.63, 3.8) is 0 Å². The van der Waals surface area contributed by atoms with E-state index in [9.17, 15) is 0 Å². The van der Waals surface area contributed by atoms with Gasteiger partial charge in [0.1, 0.15) is 17.2 Å². The number of fused-ring (bicyclic) bond motifs is 2. The van der Waals surface area contributed by atoms with Gasteiger partial charge in [-0.15, -0.1) is 0 Å². The third-order valence-electron chi connectivity index (χ3n) is 3.61. The van der Waals surface area contributed by atoms with Gasteiger partial charge < -0.3 is 14.2 Å². The Bertz CT molecular complexity index is 827. The van der Waals surface area contributed by atoms with E-state index in [1.54, 1.807) is 27.4 Å². The van der Waals surface area contributed by atoms with E-state index in [1.807, 2.05) is 30.3 Å². The van der Waals surface area contributed by atoms with Crippen molar-refractivity contribution < 1.29 is 14.2 Å². The van der Waals surface area contributed by atoms with Crippen LogP contribution in [0.4, 0.5) is 0 Å². The Hall–Kier alpha value is -2.13. The van der Waals surface area contributed by atoms with Crippen molar-refractivity contribution in [2.24, 2.45) is 0 Å². The molecule has 0 heterocycles. The molecule has 0 unspecified atom stereocenters. The van der Waals surface area contributed by atoms with E-state index in [4.69, 9.17) is 25.8 Å². The molecule has 3 nitrogen and oxygen atoms in total. The summed E-state index contributed by atoms with van der Waals surface area (Å²) in [5, 5.41) is 4.23. The van der Waals surface area contributed by atoms with Gasteiger partial charge in [-0.3, -0.25) is 0 Å². The lowest BCUT2D eigenvalue weighted by molar-refractivity contribution is 0.405. The van der Waals surface area contributed by atoms with Crippen molar-refractivity contribution in [3.8, 4) is 17.2 Å². The van der Waals surface area contributed by atoms with E-state index >= 15 is 0 Å². The molecule has 0 aromatic heterocycles. The van der Waals surface area contributed by atoms with Crippen molar-refractivity contribution in [1.82, 2.24) is 0 Å². The van der Waals surface area contributed by atoms with Gasteiger partial charge >= 0.3 is 0 Å². The van der Waals surface area contributed by atoms with E-state index in [-0.39, 0.29) is 0 Å². The highest BCUT2D eigenvalue weighted by molar-refractivity contribution is 6.34. The maximum Gasteiger partial charge on any atom is 0.149 e. The van der Waals surface area contributed by atoms with Gasteiger partial charge in [0.2, 0.25) is 0 Å². The fourth-order valence-corrected chi connectivity index (χ4v) is 3.00. The minimum atomic E-state index is 0.542. The van der Waals surface area contributed by atoms with Crippen molar-refractivity contribution in [2.75, 3.05) is 21.3 Å². The van der Waals surface area contributed by atoms with Gasteiger partial charge in [0.25, 0.3) is 0 Å². The highest BCUT2D eigenvalue weighted by atomic mass is 35.5. The van der Waals surface area contributed by atoms with Crippen molar-refractivity contribution in [3.05, 3.63) is 41.4 Å². The SMILES string of the molecule is COc1c2ccccc2c(OC)c2c(OC)c(Cl)ccc12. The Morgan fingerprint density at radius 2 is 1.24 bits per heavy atom. The molecule has 0 spiro atoms. The molecule has 21 heavy (non-hydrogen) atoms. The predicted molar refractivity (Wildman–Crippen MR) is 86.1 cm³/mol. The highest BCUT2D eigenvalue weighted by Gasteiger charge is 2.19. The molecule has 0 aliphatic carbocycles. The summed E-state index contributed by atoms with van der Waals surface area (Å²) in [5.41, 5.74) is 0. The Morgan fingerprint density at radius 1 is 0.667 bits per heavy atom. The molecular formula is C17H15ClO3. The van der Waals surface area contributed by atoms with E-state index < -0.39 is 0 Å². The molecule has 0 N–H and O–H groups in total. The monoisotopic (exact) mass is 302 g/mol. The molecule has 0 atom stereocenters. The number of hydrogen-bond donors (Lipinski definition) is 0. The lowest BCUT2D eigenvalue weighted by atomic mass is 10.00. The molecular weight excluding hydrogens is 288 g/mol. The quantitative estimate of drug-likeness (QED) is 0.658. The average molecular weight is 303 g/mol. The standard InChI is InChI=1S/C17H15ClO3/c1-19-15-10-6-4-5-7-11(10)16(20-2)14-12(15)8-9-13(18)17(14)21-3/h4-9H,1-3H3. The molecule has 108 valence electrons. The zero-order valence-electron chi connectivity index (χ0n) is 12.1. The van der Waals surface area contributed by atoms with Crippen LogP contribution in [0, 0.1) is 0 Å². The predicted octanol–water partition coefficient (Wildman–Crippen LogP) is 4.67. The Balaban J connectivity index is 2.64. The van der Waals surface area contributed by atoms with E-state index in [0.717, 1.165) is 33.0 Å². The van der Waals surface area contributed by atoms with Gasteiger partial charge in [-0.2, -0.15) is 0 Å². The summed E-state index contributed by atoms with van der Waals surface area (Å²) in [6.45, 7) is 0. The van der Waals surface area contributed by atoms with Gasteiger partial charge in [0, 0.05) is 16.2 Å². The van der Waals surface area contributed by atoms with Gasteiger partial charge in [0.05, 0.1) is 31.7 Å². The summed E-state index contributed by atoms with van der Waals surface area (Å²) in [6.07, 6.45) is 0. The normalized spacial score (nSPS) is 10.9. The van der Waals surface area contributed by atoms with Crippen LogP contribution in [0.15, 0.2) is 36.4 Å². The number of halogens is 1. The first kappa shape index (κ1) is 13.8. The van der Waals surface area contributed by atoms with Gasteiger partial charge in [0.15, 0.2) is 0 Å². The number of methoxy groups -OCH3 is 3. The van der Waals surface area contributed by atoms with Gasteiger partial charge in [-0.05, 0) is 12.1 Å². The second-order valence-electron chi connectivity index (χ2n) is 4.62. The molecule has 0 aliphatic rings.